The van der Waals surface area contributed by atoms with E-state index in [2.05, 4.69) is 20.8 Å². The molecule has 0 saturated heterocycles. The number of nitrogens with zero attached hydrogens (tertiary/aromatic N) is 1. The standard InChI is InChI=1S/C39H67NO6/c1-5-9-11-12-13-14-15-16-17-18-19-20-21-22-23-24-28-40(31-33(7-3)25-10-6-2)38(43)32-46-34-26-27-35(36(41)29-34)37(42)30-39(44)45-8-4/h26-27,29,33,41H,5-25,28,30-32H2,1-4H3. The third kappa shape index (κ3) is 19.8. The van der Waals surface area contributed by atoms with Gasteiger partial charge in [-0.15, -0.1) is 0 Å². The van der Waals surface area contributed by atoms with Crippen LogP contribution in [-0.2, 0) is 14.3 Å². The number of hydrogen-bond acceptors (Lipinski definition) is 6. The maximum Gasteiger partial charge on any atom is 0.313 e. The van der Waals surface area contributed by atoms with Crippen LogP contribution in [0, 0.1) is 5.92 Å². The number of aromatic hydroxyl groups is 1. The minimum atomic E-state index is -0.633. The lowest BCUT2D eigenvalue weighted by Crippen LogP contribution is -2.39. The molecule has 46 heavy (non-hydrogen) atoms. The first-order chi connectivity index (χ1) is 22.4. The highest BCUT2D eigenvalue weighted by molar-refractivity contribution is 6.07. The molecule has 0 aromatic heterocycles. The van der Waals surface area contributed by atoms with Crippen molar-refractivity contribution in [2.24, 2.45) is 5.92 Å². The number of phenols is 1. The van der Waals surface area contributed by atoms with Gasteiger partial charge in [-0.05, 0) is 37.8 Å². The van der Waals surface area contributed by atoms with Crippen LogP contribution in [0.3, 0.4) is 0 Å². The summed E-state index contributed by atoms with van der Waals surface area (Å²) in [6.07, 6.45) is 25.2. The molecule has 0 heterocycles. The monoisotopic (exact) mass is 645 g/mol. The molecule has 0 aliphatic heterocycles. The number of Topliss-reactive ketones (excluding diaryl/α,β-unsaturated/α-hetero) is 1. The molecule has 0 spiro atoms. The highest BCUT2D eigenvalue weighted by atomic mass is 16.5. The van der Waals surface area contributed by atoms with Crippen LogP contribution < -0.4 is 4.74 Å². The predicted molar refractivity (Wildman–Crippen MR) is 189 cm³/mol. The van der Waals surface area contributed by atoms with Crippen LogP contribution in [0.25, 0.3) is 0 Å². The van der Waals surface area contributed by atoms with E-state index in [0.717, 1.165) is 51.6 Å². The summed E-state index contributed by atoms with van der Waals surface area (Å²) in [4.78, 5) is 39.3. The average Bonchev–Trinajstić information content (AvgIpc) is 3.04. The average molecular weight is 646 g/mol. The summed E-state index contributed by atoms with van der Waals surface area (Å²) >= 11 is 0. The summed E-state index contributed by atoms with van der Waals surface area (Å²) in [5.74, 6) is -0.724. The molecule has 0 radical (unpaired) electrons. The Morgan fingerprint density at radius 3 is 1.78 bits per heavy atom. The Labute approximate surface area is 281 Å². The molecule has 0 bridgehead atoms. The van der Waals surface area contributed by atoms with Crippen molar-refractivity contribution >= 4 is 17.7 Å². The van der Waals surface area contributed by atoms with E-state index in [0.29, 0.717) is 11.7 Å². The van der Waals surface area contributed by atoms with Crippen LogP contribution in [-0.4, -0.2) is 54.0 Å². The molecule has 1 amide bonds. The van der Waals surface area contributed by atoms with Gasteiger partial charge < -0.3 is 19.5 Å². The van der Waals surface area contributed by atoms with Crippen molar-refractivity contribution in [3.8, 4) is 11.5 Å². The fraction of sp³-hybridized carbons (Fsp3) is 0.769. The zero-order valence-electron chi connectivity index (χ0n) is 29.9. The van der Waals surface area contributed by atoms with Gasteiger partial charge in [0.05, 0.1) is 12.2 Å². The highest BCUT2D eigenvalue weighted by Gasteiger charge is 2.20. The van der Waals surface area contributed by atoms with E-state index in [9.17, 15) is 19.5 Å². The fourth-order valence-corrected chi connectivity index (χ4v) is 5.91. The molecule has 1 atom stereocenters. The minimum Gasteiger partial charge on any atom is -0.507 e. The van der Waals surface area contributed by atoms with Gasteiger partial charge in [-0.25, -0.2) is 0 Å². The van der Waals surface area contributed by atoms with Crippen molar-refractivity contribution < 1.29 is 29.0 Å². The quantitative estimate of drug-likeness (QED) is 0.0387. The van der Waals surface area contributed by atoms with Gasteiger partial charge in [0, 0.05) is 19.2 Å². The third-order valence-corrected chi connectivity index (χ3v) is 8.90. The Hall–Kier alpha value is -2.57. The van der Waals surface area contributed by atoms with E-state index in [1.165, 1.54) is 102 Å². The van der Waals surface area contributed by atoms with E-state index >= 15 is 0 Å². The number of esters is 1. The lowest BCUT2D eigenvalue weighted by atomic mass is 9.98. The summed E-state index contributed by atoms with van der Waals surface area (Å²) in [7, 11) is 0. The Kier molecular flexibility index (Phi) is 24.8. The normalized spacial score (nSPS) is 11.7. The molecule has 1 rings (SSSR count). The Morgan fingerprint density at radius 2 is 1.28 bits per heavy atom. The number of phenolic OH excluding ortho intramolecular Hbond substituents is 1. The van der Waals surface area contributed by atoms with Gasteiger partial charge in [0.1, 0.15) is 17.9 Å². The topological polar surface area (TPSA) is 93.1 Å². The fourth-order valence-electron chi connectivity index (χ4n) is 5.91. The van der Waals surface area contributed by atoms with E-state index in [4.69, 9.17) is 9.47 Å². The molecule has 0 aliphatic rings. The maximum atomic E-state index is 13.3. The molecule has 7 nitrogen and oxygen atoms in total. The van der Waals surface area contributed by atoms with Crippen molar-refractivity contribution in [1.82, 2.24) is 4.90 Å². The smallest absolute Gasteiger partial charge is 0.313 e. The minimum absolute atomic E-state index is 0.0264. The van der Waals surface area contributed by atoms with Crippen molar-refractivity contribution in [2.45, 2.75) is 163 Å². The van der Waals surface area contributed by atoms with Gasteiger partial charge in [-0.3, -0.25) is 14.4 Å². The predicted octanol–water partition coefficient (Wildman–Crippen LogP) is 10.2. The van der Waals surface area contributed by atoms with Crippen LogP contribution in [0.5, 0.6) is 11.5 Å². The van der Waals surface area contributed by atoms with E-state index in [1.807, 2.05) is 4.90 Å². The molecule has 1 aromatic carbocycles. The second-order valence-electron chi connectivity index (χ2n) is 12.9. The summed E-state index contributed by atoms with van der Waals surface area (Å²) in [5, 5.41) is 10.4. The molecule has 0 fully saturated rings. The number of benzene rings is 1. The van der Waals surface area contributed by atoms with Gasteiger partial charge in [0.25, 0.3) is 5.91 Å². The van der Waals surface area contributed by atoms with Gasteiger partial charge in [0.15, 0.2) is 12.4 Å². The number of ketones is 1. The van der Waals surface area contributed by atoms with Gasteiger partial charge in [0.2, 0.25) is 0 Å². The molecule has 0 saturated carbocycles. The second-order valence-corrected chi connectivity index (χ2v) is 12.9. The zero-order chi connectivity index (χ0) is 33.8. The molecule has 7 heteroatoms. The van der Waals surface area contributed by atoms with Crippen molar-refractivity contribution in [3.63, 3.8) is 0 Å². The van der Waals surface area contributed by atoms with Crippen LogP contribution in [0.2, 0.25) is 0 Å². The van der Waals surface area contributed by atoms with Crippen molar-refractivity contribution in [1.29, 1.82) is 0 Å². The van der Waals surface area contributed by atoms with E-state index in [-0.39, 0.29) is 30.4 Å². The van der Waals surface area contributed by atoms with Crippen LogP contribution in [0.15, 0.2) is 18.2 Å². The number of unbranched alkanes of at least 4 members (excludes halogenated alkanes) is 16. The Balaban J connectivity index is 2.45. The first kappa shape index (κ1) is 41.5. The Morgan fingerprint density at radius 1 is 0.739 bits per heavy atom. The number of rotatable bonds is 30. The zero-order valence-corrected chi connectivity index (χ0v) is 29.9. The van der Waals surface area contributed by atoms with Gasteiger partial charge in [-0.2, -0.15) is 0 Å². The lowest BCUT2D eigenvalue weighted by Gasteiger charge is -2.27. The third-order valence-electron chi connectivity index (χ3n) is 8.90. The van der Waals surface area contributed by atoms with Crippen molar-refractivity contribution in [2.75, 3.05) is 26.3 Å². The number of carbonyl (C=O) groups excluding carboxylic acids is 3. The van der Waals surface area contributed by atoms with Crippen LogP contribution in [0.4, 0.5) is 0 Å². The molecule has 1 aromatic rings. The van der Waals surface area contributed by atoms with Crippen molar-refractivity contribution in [3.05, 3.63) is 23.8 Å². The van der Waals surface area contributed by atoms with Gasteiger partial charge in [-0.1, -0.05) is 136 Å². The SMILES string of the molecule is CCCCCCCCCCCCCCCCCCN(CC(CC)CCCC)C(=O)COc1ccc(C(=O)CC(=O)OCC)c(O)c1. The molecular weight excluding hydrogens is 578 g/mol. The van der Waals surface area contributed by atoms with E-state index < -0.39 is 18.2 Å². The highest BCUT2D eigenvalue weighted by Crippen LogP contribution is 2.25. The Bertz CT molecular complexity index is 948. The van der Waals surface area contributed by atoms with E-state index in [1.54, 1.807) is 13.0 Å². The molecular formula is C39H67NO6. The molecule has 1 unspecified atom stereocenters. The number of amides is 1. The molecule has 1 N–H and O–H groups in total. The molecule has 264 valence electrons. The second kappa shape index (κ2) is 27.5. The largest absolute Gasteiger partial charge is 0.507 e. The number of carbonyl (C=O) groups is 3. The summed E-state index contributed by atoms with van der Waals surface area (Å²) < 4.78 is 10.6. The summed E-state index contributed by atoms with van der Waals surface area (Å²) in [6.45, 7) is 9.87. The summed E-state index contributed by atoms with van der Waals surface area (Å²) in [6, 6.07) is 4.28. The summed E-state index contributed by atoms with van der Waals surface area (Å²) in [5.41, 5.74) is 0.0264. The van der Waals surface area contributed by atoms with Crippen LogP contribution in [0.1, 0.15) is 173 Å². The number of hydrogen-bond donors (Lipinski definition) is 1. The lowest BCUT2D eigenvalue weighted by molar-refractivity contribution is -0.142. The van der Waals surface area contributed by atoms with Crippen LogP contribution >= 0.6 is 0 Å². The van der Waals surface area contributed by atoms with Gasteiger partial charge >= 0.3 is 5.97 Å². The number of ether oxygens (including phenoxy) is 2. The first-order valence-corrected chi connectivity index (χ1v) is 18.8. The molecule has 0 aliphatic carbocycles. The maximum absolute atomic E-state index is 13.3. The first-order valence-electron chi connectivity index (χ1n) is 18.8.